The summed E-state index contributed by atoms with van der Waals surface area (Å²) in [5.41, 5.74) is 3.08. The molecule has 2 heterocycles. The van der Waals surface area contributed by atoms with Gasteiger partial charge in [-0.2, -0.15) is 0 Å². The van der Waals surface area contributed by atoms with E-state index >= 15 is 0 Å². The second kappa shape index (κ2) is 15.5. The molecule has 3 aromatic carbocycles. The van der Waals surface area contributed by atoms with Crippen molar-refractivity contribution in [2.75, 3.05) is 52.1 Å². The number of urea groups is 1. The summed E-state index contributed by atoms with van der Waals surface area (Å²) in [6.07, 6.45) is 6.85. The highest BCUT2D eigenvalue weighted by Gasteiger charge is 2.45. The Morgan fingerprint density at radius 1 is 1.00 bits per heavy atom. The molecule has 1 fully saturated rings. The first-order valence-electron chi connectivity index (χ1n) is 14.7. The fraction of sp³-hybridized carbons (Fsp3) is 0.333. The fourth-order valence-corrected chi connectivity index (χ4v) is 6.34. The molecule has 0 spiro atoms. The zero-order chi connectivity index (χ0) is 32.1. The molecule has 2 aliphatic heterocycles. The number of carbonyl (C=O) groups is 1. The molecular formula is C33H36Cl3N5O4S. The van der Waals surface area contributed by atoms with Gasteiger partial charge in [-0.25, -0.2) is 17.9 Å². The van der Waals surface area contributed by atoms with Crippen LogP contribution >= 0.6 is 35.6 Å². The van der Waals surface area contributed by atoms with Gasteiger partial charge in [0, 0.05) is 54.9 Å². The lowest BCUT2D eigenvalue weighted by Gasteiger charge is -2.39. The van der Waals surface area contributed by atoms with Crippen LogP contribution < -0.4 is 9.46 Å². The summed E-state index contributed by atoms with van der Waals surface area (Å²) >= 11 is 12.5. The van der Waals surface area contributed by atoms with Crippen molar-refractivity contribution in [1.29, 1.82) is 0 Å². The third kappa shape index (κ3) is 8.34. The minimum absolute atomic E-state index is 0. The van der Waals surface area contributed by atoms with Gasteiger partial charge in [0.1, 0.15) is 17.6 Å². The van der Waals surface area contributed by atoms with E-state index in [9.17, 15) is 13.2 Å². The van der Waals surface area contributed by atoms with Crippen LogP contribution in [0.1, 0.15) is 41.3 Å². The second-order valence-electron chi connectivity index (χ2n) is 10.9. The van der Waals surface area contributed by atoms with Crippen molar-refractivity contribution in [1.82, 2.24) is 19.4 Å². The number of nitrogens with one attached hydrogen (secondary N) is 1. The molecule has 244 valence electrons. The van der Waals surface area contributed by atoms with Gasteiger partial charge in [0.25, 0.3) is 0 Å². The molecule has 0 aromatic heterocycles. The van der Waals surface area contributed by atoms with Crippen LogP contribution in [-0.2, 0) is 10.0 Å². The molecule has 2 atom stereocenters. The summed E-state index contributed by atoms with van der Waals surface area (Å²) in [5.74, 6) is 3.68. The number of nitrogens with zero attached hydrogens (tertiary/aromatic N) is 4. The summed E-state index contributed by atoms with van der Waals surface area (Å²) < 4.78 is 31.5. The Kier molecular flexibility index (Phi) is 12.0. The lowest BCUT2D eigenvalue weighted by Crippen LogP contribution is -2.54. The Hall–Kier alpha value is -3.30. The Balaban J connectivity index is 0.00000480. The molecule has 0 unspecified atom stereocenters. The van der Waals surface area contributed by atoms with Gasteiger partial charge in [-0.15, -0.1) is 18.8 Å². The van der Waals surface area contributed by atoms with Crippen molar-refractivity contribution < 1.29 is 17.9 Å². The number of amides is 2. The molecule has 0 aliphatic carbocycles. The summed E-state index contributed by atoms with van der Waals surface area (Å²) in [7, 11) is -3.27. The molecule has 0 bridgehead atoms. The van der Waals surface area contributed by atoms with Crippen LogP contribution in [0, 0.1) is 12.3 Å². The van der Waals surface area contributed by atoms with Crippen LogP contribution in [0.3, 0.4) is 0 Å². The predicted molar refractivity (Wildman–Crippen MR) is 186 cm³/mol. The lowest BCUT2D eigenvalue weighted by molar-refractivity contribution is 0.120. The maximum absolute atomic E-state index is 14.7. The van der Waals surface area contributed by atoms with E-state index in [0.29, 0.717) is 78.6 Å². The molecule has 3 aromatic rings. The first-order valence-corrected chi connectivity index (χ1v) is 17.3. The number of benzene rings is 3. The Morgan fingerprint density at radius 3 is 2.17 bits per heavy atom. The van der Waals surface area contributed by atoms with E-state index in [2.05, 4.69) is 15.5 Å². The summed E-state index contributed by atoms with van der Waals surface area (Å²) in [6.45, 7) is 5.30. The van der Waals surface area contributed by atoms with Crippen molar-refractivity contribution >= 4 is 57.5 Å². The van der Waals surface area contributed by atoms with Gasteiger partial charge in [0.05, 0.1) is 24.5 Å². The number of hydrogen-bond acceptors (Lipinski definition) is 6. The van der Waals surface area contributed by atoms with E-state index in [1.807, 2.05) is 72.5 Å². The van der Waals surface area contributed by atoms with E-state index in [4.69, 9.17) is 39.4 Å². The highest BCUT2D eigenvalue weighted by molar-refractivity contribution is 7.88. The number of amidine groups is 1. The van der Waals surface area contributed by atoms with Crippen molar-refractivity contribution in [3.8, 4) is 18.1 Å². The molecule has 1 N–H and O–H groups in total. The molecule has 46 heavy (non-hydrogen) atoms. The second-order valence-corrected chi connectivity index (χ2v) is 13.6. The number of halogens is 3. The quantitative estimate of drug-likeness (QED) is 0.292. The minimum Gasteiger partial charge on any atom is -0.493 e. The monoisotopic (exact) mass is 703 g/mol. The van der Waals surface area contributed by atoms with Gasteiger partial charge in [-0.05, 0) is 60.5 Å². The summed E-state index contributed by atoms with van der Waals surface area (Å²) in [5, 5.41) is 1.19. The van der Waals surface area contributed by atoms with Crippen molar-refractivity contribution in [2.24, 2.45) is 4.99 Å². The predicted octanol–water partition coefficient (Wildman–Crippen LogP) is 5.63. The van der Waals surface area contributed by atoms with E-state index in [1.165, 1.54) is 0 Å². The highest BCUT2D eigenvalue weighted by Crippen LogP contribution is 2.45. The molecule has 0 radical (unpaired) electrons. The zero-order valence-corrected chi connectivity index (χ0v) is 28.7. The SMILES string of the molecule is C#Cc1ccc(C2=N[C@@H](c3ccc(Cl)cc3)[C@@H](c3ccc(Cl)cc3)N2C(=O)N2CCN(CCNS(C)(=O)=O)CC2)c(OCC)c1.Cl. The van der Waals surface area contributed by atoms with Crippen LogP contribution in [0.2, 0.25) is 10.0 Å². The normalized spacial score (nSPS) is 18.5. The van der Waals surface area contributed by atoms with Crippen molar-refractivity contribution in [3.63, 3.8) is 0 Å². The van der Waals surface area contributed by atoms with Crippen LogP contribution in [-0.4, -0.2) is 87.1 Å². The molecule has 13 heteroatoms. The van der Waals surface area contributed by atoms with Gasteiger partial charge >= 0.3 is 6.03 Å². The number of aliphatic imine (C=N–C) groups is 1. The maximum atomic E-state index is 14.7. The van der Waals surface area contributed by atoms with Gasteiger partial charge in [0.15, 0.2) is 0 Å². The van der Waals surface area contributed by atoms with E-state index in [0.717, 1.165) is 17.4 Å². The number of terminal acetylenes is 1. The molecule has 9 nitrogen and oxygen atoms in total. The van der Waals surface area contributed by atoms with Gasteiger partial charge in [-0.3, -0.25) is 14.8 Å². The average Bonchev–Trinajstić information content (AvgIpc) is 3.41. The van der Waals surface area contributed by atoms with Crippen LogP contribution in [0.25, 0.3) is 0 Å². The third-order valence-corrected chi connectivity index (χ3v) is 9.05. The van der Waals surface area contributed by atoms with Crippen LogP contribution in [0.5, 0.6) is 5.75 Å². The lowest BCUT2D eigenvalue weighted by atomic mass is 9.93. The maximum Gasteiger partial charge on any atom is 0.326 e. The van der Waals surface area contributed by atoms with Crippen LogP contribution in [0.15, 0.2) is 71.7 Å². The van der Waals surface area contributed by atoms with Gasteiger partial charge in [-0.1, -0.05) is 53.4 Å². The number of rotatable bonds is 9. The minimum atomic E-state index is -3.27. The molecule has 2 aliphatic rings. The largest absolute Gasteiger partial charge is 0.493 e. The zero-order valence-electron chi connectivity index (χ0n) is 25.5. The number of hydrogen-bond donors (Lipinski definition) is 1. The van der Waals surface area contributed by atoms with E-state index in [-0.39, 0.29) is 18.4 Å². The van der Waals surface area contributed by atoms with Gasteiger partial charge < -0.3 is 9.64 Å². The number of sulfonamides is 1. The fourth-order valence-electron chi connectivity index (χ4n) is 5.63. The number of carbonyl (C=O) groups excluding carboxylic acids is 1. The summed E-state index contributed by atoms with van der Waals surface area (Å²) in [6, 6.07) is 19.3. The molecule has 5 rings (SSSR count). The third-order valence-electron chi connectivity index (χ3n) is 7.82. The standard InChI is InChI=1S/C33H35Cl2N5O4S.ClH/c1-4-23-6-15-28(29(22-23)44-5-2)32-37-30(24-7-11-26(34)12-8-24)31(25-9-13-27(35)14-10-25)40(32)33(41)39-20-18-38(19-21-39)17-16-36-45(3,42)43;/h1,6-15,22,30-31,36H,5,16-21H2,2-3H3;1H/t30-,31+;/m0./s1. The number of ether oxygens (including phenoxy) is 1. The molecule has 1 saturated heterocycles. The Morgan fingerprint density at radius 2 is 1.61 bits per heavy atom. The van der Waals surface area contributed by atoms with Gasteiger partial charge in [0.2, 0.25) is 10.0 Å². The Labute approximate surface area is 287 Å². The first kappa shape index (κ1) is 35.6. The number of piperazine rings is 1. The molecule has 2 amide bonds. The van der Waals surface area contributed by atoms with Crippen LogP contribution in [0.4, 0.5) is 4.79 Å². The summed E-state index contributed by atoms with van der Waals surface area (Å²) in [4.78, 5) is 25.6. The van der Waals surface area contributed by atoms with E-state index in [1.54, 1.807) is 11.0 Å². The Bertz CT molecular complexity index is 1700. The smallest absolute Gasteiger partial charge is 0.326 e. The average molecular weight is 705 g/mol. The van der Waals surface area contributed by atoms with Crippen molar-refractivity contribution in [2.45, 2.75) is 19.0 Å². The van der Waals surface area contributed by atoms with E-state index < -0.39 is 22.1 Å². The molecule has 0 saturated carbocycles. The first-order chi connectivity index (χ1) is 21.6. The topological polar surface area (TPSA) is 94.5 Å². The molecular weight excluding hydrogens is 669 g/mol. The highest BCUT2D eigenvalue weighted by atomic mass is 35.5. The van der Waals surface area contributed by atoms with Crippen molar-refractivity contribution in [3.05, 3.63) is 99.0 Å².